The molecule has 20 heavy (non-hydrogen) atoms. The van der Waals surface area contributed by atoms with E-state index in [0.717, 1.165) is 17.8 Å². The van der Waals surface area contributed by atoms with Crippen molar-refractivity contribution >= 4 is 23.4 Å². The lowest BCUT2D eigenvalue weighted by molar-refractivity contribution is -0.385. The Kier molecular flexibility index (Phi) is 4.31. The Hall–Kier alpha value is -2.41. The van der Waals surface area contributed by atoms with E-state index < -0.39 is 10.9 Å². The van der Waals surface area contributed by atoms with E-state index in [1.807, 2.05) is 30.3 Å². The van der Waals surface area contributed by atoms with Gasteiger partial charge in [0.2, 0.25) is 0 Å². The van der Waals surface area contributed by atoms with Crippen LogP contribution in [0.1, 0.15) is 15.9 Å². The van der Waals surface area contributed by atoms with Gasteiger partial charge in [0.15, 0.2) is 0 Å². The van der Waals surface area contributed by atoms with Crippen molar-refractivity contribution in [3.8, 4) is 0 Å². The number of aromatic nitrogens is 1. The molecule has 0 atom stereocenters. The number of carboxylic acid groups (broad SMARTS) is 1. The Morgan fingerprint density at radius 1 is 1.35 bits per heavy atom. The number of aromatic carboxylic acids is 1. The summed E-state index contributed by atoms with van der Waals surface area (Å²) >= 11 is 1.23. The van der Waals surface area contributed by atoms with Gasteiger partial charge in [0.1, 0.15) is 11.2 Å². The summed E-state index contributed by atoms with van der Waals surface area (Å²) in [5.74, 6) is -0.678. The summed E-state index contributed by atoms with van der Waals surface area (Å²) in [7, 11) is 0. The van der Waals surface area contributed by atoms with Gasteiger partial charge in [-0.15, -0.1) is 11.8 Å². The lowest BCUT2D eigenvalue weighted by Gasteiger charge is -2.04. The summed E-state index contributed by atoms with van der Waals surface area (Å²) in [5, 5.41) is 20.0. The van der Waals surface area contributed by atoms with Gasteiger partial charge >= 0.3 is 5.97 Å². The van der Waals surface area contributed by atoms with Gasteiger partial charge in [-0.25, -0.2) is 9.78 Å². The van der Waals surface area contributed by atoms with Gasteiger partial charge in [0.05, 0.1) is 10.5 Å². The van der Waals surface area contributed by atoms with Crippen LogP contribution in [-0.2, 0) is 5.75 Å². The molecule has 1 aromatic heterocycles. The van der Waals surface area contributed by atoms with Crippen molar-refractivity contribution in [2.75, 3.05) is 0 Å². The van der Waals surface area contributed by atoms with E-state index in [-0.39, 0.29) is 16.3 Å². The molecule has 0 aliphatic carbocycles. The molecule has 1 heterocycles. The smallest absolute Gasteiger partial charge is 0.338 e. The molecule has 0 bridgehead atoms. The van der Waals surface area contributed by atoms with Crippen molar-refractivity contribution in [1.82, 2.24) is 4.98 Å². The molecule has 0 fully saturated rings. The first-order chi connectivity index (χ1) is 9.58. The second-order valence-corrected chi connectivity index (χ2v) is 4.85. The molecule has 0 spiro atoms. The number of hydrogen-bond acceptors (Lipinski definition) is 5. The fourth-order valence-electron chi connectivity index (χ4n) is 1.54. The second kappa shape index (κ2) is 6.16. The molecule has 7 heteroatoms. The molecule has 2 aromatic rings. The predicted octanol–water partition coefficient (Wildman–Crippen LogP) is 2.98. The normalized spacial score (nSPS) is 10.2. The maximum absolute atomic E-state index is 11.1. The Balaban J connectivity index is 2.23. The maximum Gasteiger partial charge on any atom is 0.338 e. The number of nitrogens with zero attached hydrogens (tertiary/aromatic N) is 2. The van der Waals surface area contributed by atoms with E-state index >= 15 is 0 Å². The number of rotatable bonds is 5. The summed E-state index contributed by atoms with van der Waals surface area (Å²) < 4.78 is 0. The first kappa shape index (κ1) is 14.0. The van der Waals surface area contributed by atoms with Crippen molar-refractivity contribution in [2.24, 2.45) is 0 Å². The van der Waals surface area contributed by atoms with Crippen molar-refractivity contribution in [3.63, 3.8) is 0 Å². The fourth-order valence-corrected chi connectivity index (χ4v) is 2.46. The molecule has 1 aromatic carbocycles. The van der Waals surface area contributed by atoms with Gasteiger partial charge in [-0.05, 0) is 5.56 Å². The maximum atomic E-state index is 11.1. The number of carboxylic acids is 1. The van der Waals surface area contributed by atoms with E-state index in [2.05, 4.69) is 4.98 Å². The van der Waals surface area contributed by atoms with Gasteiger partial charge in [0.25, 0.3) is 5.69 Å². The van der Waals surface area contributed by atoms with Crippen molar-refractivity contribution in [2.45, 2.75) is 10.8 Å². The van der Waals surface area contributed by atoms with Crippen LogP contribution in [0.3, 0.4) is 0 Å². The molecule has 102 valence electrons. The predicted molar refractivity (Wildman–Crippen MR) is 73.9 cm³/mol. The van der Waals surface area contributed by atoms with Gasteiger partial charge in [-0.2, -0.15) is 0 Å². The van der Waals surface area contributed by atoms with Crippen molar-refractivity contribution < 1.29 is 14.8 Å². The zero-order valence-corrected chi connectivity index (χ0v) is 11.0. The zero-order chi connectivity index (χ0) is 14.5. The molecular formula is C13H10N2O4S. The molecule has 0 unspecified atom stereocenters. The lowest BCUT2D eigenvalue weighted by Crippen LogP contribution is -2.03. The number of thioether (sulfide) groups is 1. The fraction of sp³-hybridized carbons (Fsp3) is 0.0769. The standard InChI is InChI=1S/C13H10N2O4S/c16-13(17)11-6-10(15(18)19)7-14-12(11)20-8-9-4-2-1-3-5-9/h1-7H,8H2,(H,16,17). The second-order valence-electron chi connectivity index (χ2n) is 3.88. The third-order valence-corrected chi connectivity index (χ3v) is 3.57. The van der Waals surface area contributed by atoms with Crippen LogP contribution < -0.4 is 0 Å². The highest BCUT2D eigenvalue weighted by atomic mass is 32.2. The Morgan fingerprint density at radius 3 is 2.65 bits per heavy atom. The quantitative estimate of drug-likeness (QED) is 0.517. The van der Waals surface area contributed by atoms with Gasteiger partial charge < -0.3 is 5.11 Å². The highest BCUT2D eigenvalue weighted by molar-refractivity contribution is 7.98. The third-order valence-electron chi connectivity index (χ3n) is 2.50. The summed E-state index contributed by atoms with van der Waals surface area (Å²) in [4.78, 5) is 25.0. The lowest BCUT2D eigenvalue weighted by atomic mass is 10.2. The molecule has 0 aliphatic heterocycles. The Bertz CT molecular complexity index is 646. The first-order valence-electron chi connectivity index (χ1n) is 5.62. The van der Waals surface area contributed by atoms with E-state index in [4.69, 9.17) is 5.11 Å². The molecule has 0 radical (unpaired) electrons. The largest absolute Gasteiger partial charge is 0.478 e. The molecule has 1 N–H and O–H groups in total. The van der Waals surface area contributed by atoms with Crippen LogP contribution >= 0.6 is 11.8 Å². The van der Waals surface area contributed by atoms with Crippen LogP contribution in [0.2, 0.25) is 0 Å². The number of nitro groups is 1. The molecular weight excluding hydrogens is 280 g/mol. The minimum atomic E-state index is -1.23. The number of pyridine rings is 1. The van der Waals surface area contributed by atoms with Crippen molar-refractivity contribution in [1.29, 1.82) is 0 Å². The molecule has 0 amide bonds. The highest BCUT2D eigenvalue weighted by Gasteiger charge is 2.17. The van der Waals surface area contributed by atoms with Gasteiger partial charge in [-0.3, -0.25) is 10.1 Å². The molecule has 0 saturated carbocycles. The topological polar surface area (TPSA) is 93.3 Å². The summed E-state index contributed by atoms with van der Waals surface area (Å²) in [6, 6.07) is 10.5. The van der Waals surface area contributed by atoms with E-state index in [9.17, 15) is 14.9 Å². The average Bonchev–Trinajstić information content (AvgIpc) is 2.45. The Morgan fingerprint density at radius 2 is 2.05 bits per heavy atom. The van der Waals surface area contributed by atoms with Crippen LogP contribution in [0.25, 0.3) is 0 Å². The molecule has 2 rings (SSSR count). The monoisotopic (exact) mass is 290 g/mol. The minimum absolute atomic E-state index is 0.153. The summed E-state index contributed by atoms with van der Waals surface area (Å²) in [6.45, 7) is 0. The molecule has 0 aliphatic rings. The molecule has 6 nitrogen and oxygen atoms in total. The average molecular weight is 290 g/mol. The van der Waals surface area contributed by atoms with E-state index in [0.29, 0.717) is 5.75 Å². The zero-order valence-electron chi connectivity index (χ0n) is 10.2. The molecule has 0 saturated heterocycles. The third kappa shape index (κ3) is 3.33. The SMILES string of the molecule is O=C(O)c1cc([N+](=O)[O-])cnc1SCc1ccccc1. The van der Waals surface area contributed by atoms with Crippen LogP contribution in [-0.4, -0.2) is 21.0 Å². The van der Waals surface area contributed by atoms with Crippen LogP contribution in [0, 0.1) is 10.1 Å². The number of benzene rings is 1. The van der Waals surface area contributed by atoms with E-state index in [1.54, 1.807) is 0 Å². The van der Waals surface area contributed by atoms with Gasteiger partial charge in [-0.1, -0.05) is 30.3 Å². The number of hydrogen-bond donors (Lipinski definition) is 1. The Labute approximate surface area is 118 Å². The van der Waals surface area contributed by atoms with Gasteiger partial charge in [0, 0.05) is 11.8 Å². The van der Waals surface area contributed by atoms with Crippen LogP contribution in [0.15, 0.2) is 47.6 Å². The summed E-state index contributed by atoms with van der Waals surface area (Å²) in [5.41, 5.74) is 0.542. The summed E-state index contributed by atoms with van der Waals surface area (Å²) in [6.07, 6.45) is 1.07. The number of carbonyl (C=O) groups is 1. The first-order valence-corrected chi connectivity index (χ1v) is 6.61. The highest BCUT2D eigenvalue weighted by Crippen LogP contribution is 2.26. The van der Waals surface area contributed by atoms with Crippen molar-refractivity contribution in [3.05, 3.63) is 63.8 Å². The van der Waals surface area contributed by atoms with Crippen LogP contribution in [0.5, 0.6) is 0 Å². The minimum Gasteiger partial charge on any atom is -0.478 e. The van der Waals surface area contributed by atoms with Crippen LogP contribution in [0.4, 0.5) is 5.69 Å². The van der Waals surface area contributed by atoms with E-state index in [1.165, 1.54) is 11.8 Å².